The minimum Gasteiger partial charge on any atom is -0.339 e. The van der Waals surface area contributed by atoms with Crippen LogP contribution in [0.3, 0.4) is 0 Å². The van der Waals surface area contributed by atoms with Gasteiger partial charge in [0.15, 0.2) is 0 Å². The number of hydrogen-bond donors (Lipinski definition) is 0. The molecule has 1 heterocycles. The van der Waals surface area contributed by atoms with Gasteiger partial charge in [-0.2, -0.15) is 11.3 Å². The third-order valence-electron chi connectivity index (χ3n) is 5.33. The van der Waals surface area contributed by atoms with Gasteiger partial charge in [0.25, 0.3) is 5.91 Å². The standard InChI is InChI=1S/C16H24N2OS/c1-17(2)14-6-12-8-15(9-13(12)7-14)18(3)16(19)11-4-5-20-10-11/h4-5,10,12-15H,6-9H2,1-3H3/t12-,13+,14?,15?. The molecule has 0 saturated heterocycles. The lowest BCUT2D eigenvalue weighted by molar-refractivity contribution is 0.0727. The summed E-state index contributed by atoms with van der Waals surface area (Å²) in [5, 5.41) is 3.93. The Morgan fingerprint density at radius 3 is 2.20 bits per heavy atom. The fourth-order valence-corrected chi connectivity index (χ4v) is 4.68. The number of carbonyl (C=O) groups is 1. The monoisotopic (exact) mass is 292 g/mol. The van der Waals surface area contributed by atoms with Gasteiger partial charge in [0.1, 0.15) is 0 Å². The van der Waals surface area contributed by atoms with Crippen LogP contribution >= 0.6 is 11.3 Å². The minimum atomic E-state index is 0.195. The first kappa shape index (κ1) is 14.1. The van der Waals surface area contributed by atoms with Crippen molar-refractivity contribution in [1.82, 2.24) is 9.80 Å². The molecule has 2 unspecified atom stereocenters. The lowest BCUT2D eigenvalue weighted by atomic mass is 10.0. The second kappa shape index (κ2) is 5.49. The molecule has 0 spiro atoms. The second-order valence-corrected chi connectivity index (χ2v) is 7.44. The molecule has 2 saturated carbocycles. The van der Waals surface area contributed by atoms with Crippen molar-refractivity contribution in [3.05, 3.63) is 22.4 Å². The normalized spacial score (nSPS) is 32.6. The largest absolute Gasteiger partial charge is 0.339 e. The van der Waals surface area contributed by atoms with E-state index >= 15 is 0 Å². The molecule has 1 aromatic heterocycles. The Kier molecular flexibility index (Phi) is 3.87. The maximum absolute atomic E-state index is 12.4. The molecule has 2 fully saturated rings. The molecule has 0 bridgehead atoms. The highest BCUT2D eigenvalue weighted by atomic mass is 32.1. The fourth-order valence-electron chi connectivity index (χ4n) is 4.05. The van der Waals surface area contributed by atoms with Gasteiger partial charge in [-0.1, -0.05) is 0 Å². The minimum absolute atomic E-state index is 0.195. The van der Waals surface area contributed by atoms with E-state index in [0.29, 0.717) is 6.04 Å². The molecule has 4 atom stereocenters. The van der Waals surface area contributed by atoms with Crippen LogP contribution in [0.5, 0.6) is 0 Å². The van der Waals surface area contributed by atoms with Crippen LogP contribution in [0.15, 0.2) is 16.8 Å². The Morgan fingerprint density at radius 2 is 1.70 bits per heavy atom. The fraction of sp³-hybridized carbons (Fsp3) is 0.688. The molecule has 3 nitrogen and oxygen atoms in total. The summed E-state index contributed by atoms with van der Waals surface area (Å²) < 4.78 is 0. The van der Waals surface area contributed by atoms with E-state index in [1.807, 2.05) is 28.8 Å². The topological polar surface area (TPSA) is 23.6 Å². The molecule has 1 amide bonds. The summed E-state index contributed by atoms with van der Waals surface area (Å²) in [5.74, 6) is 1.84. The number of fused-ring (bicyclic) bond motifs is 1. The van der Waals surface area contributed by atoms with Gasteiger partial charge >= 0.3 is 0 Å². The number of rotatable bonds is 3. The molecule has 20 heavy (non-hydrogen) atoms. The highest BCUT2D eigenvalue weighted by Crippen LogP contribution is 2.46. The van der Waals surface area contributed by atoms with Gasteiger partial charge in [-0.25, -0.2) is 0 Å². The van der Waals surface area contributed by atoms with Crippen molar-refractivity contribution in [2.45, 2.75) is 37.8 Å². The van der Waals surface area contributed by atoms with Gasteiger partial charge in [-0.05, 0) is 63.1 Å². The molecule has 0 aliphatic heterocycles. The summed E-state index contributed by atoms with van der Waals surface area (Å²) in [6, 6.07) is 3.13. The molecule has 0 radical (unpaired) electrons. The third kappa shape index (κ3) is 2.51. The molecule has 2 aliphatic rings. The van der Waals surface area contributed by atoms with E-state index in [0.717, 1.165) is 23.4 Å². The second-order valence-electron chi connectivity index (χ2n) is 6.66. The molecule has 1 aromatic rings. The molecule has 3 rings (SSSR count). The average Bonchev–Trinajstić information content (AvgIpc) is 3.11. The van der Waals surface area contributed by atoms with E-state index in [2.05, 4.69) is 19.0 Å². The third-order valence-corrected chi connectivity index (χ3v) is 6.02. The van der Waals surface area contributed by atoms with Crippen LogP contribution in [0, 0.1) is 11.8 Å². The zero-order chi connectivity index (χ0) is 14.3. The van der Waals surface area contributed by atoms with Gasteiger partial charge in [-0.3, -0.25) is 4.79 Å². The maximum atomic E-state index is 12.4. The van der Waals surface area contributed by atoms with Gasteiger partial charge in [0.05, 0.1) is 5.56 Å². The van der Waals surface area contributed by atoms with E-state index in [-0.39, 0.29) is 5.91 Å². The zero-order valence-electron chi connectivity index (χ0n) is 12.6. The first-order chi connectivity index (χ1) is 9.56. The van der Waals surface area contributed by atoms with E-state index in [4.69, 9.17) is 0 Å². The Hall–Kier alpha value is -0.870. The summed E-state index contributed by atoms with van der Waals surface area (Å²) >= 11 is 1.60. The van der Waals surface area contributed by atoms with Crippen LogP contribution in [0.4, 0.5) is 0 Å². The summed E-state index contributed by atoms with van der Waals surface area (Å²) in [5.41, 5.74) is 0.848. The maximum Gasteiger partial charge on any atom is 0.254 e. The Labute approximate surface area is 125 Å². The van der Waals surface area contributed by atoms with Crippen LogP contribution in [-0.4, -0.2) is 48.9 Å². The van der Waals surface area contributed by atoms with Crippen molar-refractivity contribution in [3.63, 3.8) is 0 Å². The lowest BCUT2D eigenvalue weighted by Gasteiger charge is -2.26. The molecular formula is C16H24N2OS. The van der Waals surface area contributed by atoms with Crippen molar-refractivity contribution in [2.75, 3.05) is 21.1 Å². The number of thiophene rings is 1. The Balaban J connectivity index is 1.61. The number of hydrogen-bond acceptors (Lipinski definition) is 3. The van der Waals surface area contributed by atoms with Gasteiger partial charge in [0.2, 0.25) is 0 Å². The van der Waals surface area contributed by atoms with Crippen LogP contribution in [0.2, 0.25) is 0 Å². The highest BCUT2D eigenvalue weighted by molar-refractivity contribution is 7.08. The molecule has 110 valence electrons. The number of nitrogens with zero attached hydrogens (tertiary/aromatic N) is 2. The highest BCUT2D eigenvalue weighted by Gasteiger charge is 2.44. The Morgan fingerprint density at radius 1 is 1.10 bits per heavy atom. The van der Waals surface area contributed by atoms with Crippen LogP contribution < -0.4 is 0 Å². The van der Waals surface area contributed by atoms with Crippen molar-refractivity contribution < 1.29 is 4.79 Å². The van der Waals surface area contributed by atoms with Crippen molar-refractivity contribution >= 4 is 17.2 Å². The summed E-state index contributed by atoms with van der Waals surface area (Å²) in [7, 11) is 6.36. The average molecular weight is 292 g/mol. The smallest absolute Gasteiger partial charge is 0.254 e. The van der Waals surface area contributed by atoms with Gasteiger partial charge < -0.3 is 9.80 Å². The van der Waals surface area contributed by atoms with Crippen LogP contribution in [0.1, 0.15) is 36.0 Å². The summed E-state index contributed by atoms with van der Waals surface area (Å²) in [6.45, 7) is 0. The molecule has 4 heteroatoms. The summed E-state index contributed by atoms with van der Waals surface area (Å²) in [6.07, 6.45) is 5.02. The van der Waals surface area contributed by atoms with E-state index < -0.39 is 0 Å². The summed E-state index contributed by atoms with van der Waals surface area (Å²) in [4.78, 5) is 16.8. The van der Waals surface area contributed by atoms with Gasteiger partial charge in [-0.15, -0.1) is 0 Å². The molecule has 2 aliphatic carbocycles. The van der Waals surface area contributed by atoms with Crippen molar-refractivity contribution in [1.29, 1.82) is 0 Å². The molecule has 0 N–H and O–H groups in total. The number of amides is 1. The molecule has 0 aromatic carbocycles. The van der Waals surface area contributed by atoms with Crippen molar-refractivity contribution in [2.24, 2.45) is 11.8 Å². The SMILES string of the molecule is CN(C)C1C[C@@H]2CC(N(C)C(=O)c3ccsc3)C[C@@H]2C1. The first-order valence-electron chi connectivity index (χ1n) is 7.52. The van der Waals surface area contributed by atoms with E-state index in [1.54, 1.807) is 11.3 Å². The van der Waals surface area contributed by atoms with E-state index in [9.17, 15) is 4.79 Å². The zero-order valence-corrected chi connectivity index (χ0v) is 13.4. The van der Waals surface area contributed by atoms with Crippen LogP contribution in [-0.2, 0) is 0 Å². The number of carbonyl (C=O) groups excluding carboxylic acids is 1. The van der Waals surface area contributed by atoms with Crippen molar-refractivity contribution in [3.8, 4) is 0 Å². The predicted octanol–water partition coefficient (Wildman–Crippen LogP) is 2.94. The van der Waals surface area contributed by atoms with E-state index in [1.165, 1.54) is 25.7 Å². The predicted molar refractivity (Wildman–Crippen MR) is 83.1 cm³/mol. The molecular weight excluding hydrogens is 268 g/mol. The first-order valence-corrected chi connectivity index (χ1v) is 8.46. The quantitative estimate of drug-likeness (QED) is 0.855. The van der Waals surface area contributed by atoms with Gasteiger partial charge in [0, 0.05) is 24.5 Å². The van der Waals surface area contributed by atoms with Crippen LogP contribution in [0.25, 0.3) is 0 Å². The lowest BCUT2D eigenvalue weighted by Crippen LogP contribution is -2.36. The Bertz CT molecular complexity index is 457.